The van der Waals surface area contributed by atoms with Crippen LogP contribution in [-0.2, 0) is 0 Å². The first-order valence-corrected chi connectivity index (χ1v) is 6.05. The van der Waals surface area contributed by atoms with Crippen molar-refractivity contribution in [3.05, 3.63) is 40.7 Å². The number of hydrogen-bond acceptors (Lipinski definition) is 6. The van der Waals surface area contributed by atoms with E-state index in [9.17, 15) is 20.2 Å². The summed E-state index contributed by atoms with van der Waals surface area (Å²) < 4.78 is 0.271. The van der Waals surface area contributed by atoms with Crippen molar-refractivity contribution in [1.82, 2.24) is 19.9 Å². The topological polar surface area (TPSA) is 144 Å². The molecule has 0 amide bonds. The molecule has 2 heterocycles. The molecule has 0 aromatic carbocycles. The van der Waals surface area contributed by atoms with Gasteiger partial charge in [-0.1, -0.05) is 0 Å². The van der Waals surface area contributed by atoms with E-state index in [1.807, 2.05) is 0 Å². The highest BCUT2D eigenvalue weighted by Gasteiger charge is 2.15. The van der Waals surface area contributed by atoms with Gasteiger partial charge in [-0.15, -0.1) is 0 Å². The van der Waals surface area contributed by atoms with Crippen LogP contribution in [0, 0.1) is 23.9 Å². The van der Waals surface area contributed by atoms with E-state index in [4.69, 9.17) is 23.2 Å². The second-order valence-electron chi connectivity index (χ2n) is 2.74. The first kappa shape index (κ1) is 15.6. The van der Waals surface area contributed by atoms with Gasteiger partial charge in [0.15, 0.2) is 3.70 Å². The molecule has 0 saturated heterocycles. The van der Waals surface area contributed by atoms with Crippen LogP contribution in [0.25, 0.3) is 0 Å². The van der Waals surface area contributed by atoms with Crippen molar-refractivity contribution in [3.8, 4) is 0 Å². The van der Waals surface area contributed by atoms with Crippen LogP contribution in [0.3, 0.4) is 0 Å². The number of imidazole rings is 2. The molecule has 0 aliphatic carbocycles. The fraction of sp³-hybridized carbons (Fsp3) is 0. The Morgan fingerprint density at radius 3 is 2.00 bits per heavy atom. The quantitative estimate of drug-likeness (QED) is 0.434. The summed E-state index contributed by atoms with van der Waals surface area (Å²) in [4.78, 5) is 30.3. The highest BCUT2D eigenvalue weighted by molar-refractivity contribution is 14.1. The highest BCUT2D eigenvalue weighted by atomic mass is 127. The third-order valence-corrected chi connectivity index (χ3v) is 2.65. The number of aromatic nitrogens is 4. The molecule has 0 saturated carbocycles. The van der Waals surface area contributed by atoms with Gasteiger partial charge in [0.25, 0.3) is 10.6 Å². The lowest BCUT2D eigenvalue weighted by Crippen LogP contribution is -1.89. The maximum atomic E-state index is 10.1. The van der Waals surface area contributed by atoms with Crippen molar-refractivity contribution >= 4 is 57.4 Å². The molecule has 102 valence electrons. The van der Waals surface area contributed by atoms with Crippen LogP contribution in [0.5, 0.6) is 0 Å². The van der Waals surface area contributed by atoms with E-state index < -0.39 is 9.85 Å². The van der Waals surface area contributed by atoms with Crippen molar-refractivity contribution in [2.45, 2.75) is 0 Å². The lowest BCUT2D eigenvalue weighted by atomic mass is 10.8. The summed E-state index contributed by atoms with van der Waals surface area (Å²) in [6.45, 7) is 0. The first-order valence-electron chi connectivity index (χ1n) is 4.21. The predicted octanol–water partition coefficient (Wildman–Crippen LogP) is 2.55. The monoisotopic (exact) mass is 420 g/mol. The molecule has 0 bridgehead atoms. The molecule has 10 nitrogen and oxygen atoms in total. The van der Waals surface area contributed by atoms with Gasteiger partial charge in [-0.2, -0.15) is 9.97 Å². The molecule has 0 aliphatic rings. The number of nitro groups is 2. The van der Waals surface area contributed by atoms with E-state index in [2.05, 4.69) is 19.9 Å². The maximum absolute atomic E-state index is 10.1. The molecule has 0 fully saturated rings. The van der Waals surface area contributed by atoms with Crippen LogP contribution >= 0.6 is 45.8 Å². The average molecular weight is 421 g/mol. The third kappa shape index (κ3) is 4.60. The van der Waals surface area contributed by atoms with E-state index in [1.165, 1.54) is 0 Å². The van der Waals surface area contributed by atoms with Gasteiger partial charge in [-0.3, -0.25) is 0 Å². The zero-order valence-electron chi connectivity index (χ0n) is 8.63. The van der Waals surface area contributed by atoms with Crippen LogP contribution in [0.2, 0.25) is 10.6 Å². The van der Waals surface area contributed by atoms with Crippen LogP contribution in [0.1, 0.15) is 0 Å². The van der Waals surface area contributed by atoms with Gasteiger partial charge in [-0.05, 0) is 55.6 Å². The third-order valence-electron chi connectivity index (χ3n) is 1.52. The standard InChI is InChI=1S/C3HClIN3O2.C3H2ClN3O2/c4-3-6-1(5)2(7-3)8(9)10;4-3-5-1-2(6-3)7(8)9/h(H,6,7);1H,(H,5,6). The molecule has 2 aromatic heterocycles. The number of aromatic amines is 2. The SMILES string of the molecule is O=[N+]([O-])c1[nH]c(Cl)nc1I.O=[N+]([O-])c1cnc(Cl)[nH]1. The molecule has 0 unspecified atom stereocenters. The molecule has 0 aliphatic heterocycles. The number of hydrogen-bond donors (Lipinski definition) is 2. The highest BCUT2D eigenvalue weighted by Crippen LogP contribution is 2.18. The number of H-pyrrole nitrogens is 2. The number of nitrogens with zero attached hydrogens (tertiary/aromatic N) is 4. The second kappa shape index (κ2) is 6.63. The summed E-state index contributed by atoms with van der Waals surface area (Å²) in [5.41, 5.74) is 0. The minimum absolute atomic E-state index is 0.0294. The fourth-order valence-electron chi connectivity index (χ4n) is 0.818. The smallest absolute Gasteiger partial charge is 0.355 e. The summed E-state index contributed by atoms with van der Waals surface area (Å²) in [6.07, 6.45) is 1.06. The minimum Gasteiger partial charge on any atom is -0.358 e. The number of halogens is 3. The van der Waals surface area contributed by atoms with E-state index in [-0.39, 0.29) is 25.9 Å². The van der Waals surface area contributed by atoms with E-state index in [0.717, 1.165) is 6.20 Å². The van der Waals surface area contributed by atoms with Crippen molar-refractivity contribution in [3.63, 3.8) is 0 Å². The average Bonchev–Trinajstić information content (AvgIpc) is 2.85. The van der Waals surface area contributed by atoms with Crippen molar-refractivity contribution < 1.29 is 9.85 Å². The molecule has 13 heteroatoms. The van der Waals surface area contributed by atoms with Gasteiger partial charge in [0, 0.05) is 0 Å². The van der Waals surface area contributed by atoms with Crippen molar-refractivity contribution in [2.24, 2.45) is 0 Å². The molecular formula is C6H3Cl2IN6O4. The Morgan fingerprint density at radius 2 is 1.79 bits per heavy atom. The molecule has 0 atom stereocenters. The van der Waals surface area contributed by atoms with Gasteiger partial charge >= 0.3 is 11.6 Å². The predicted molar refractivity (Wildman–Crippen MR) is 73.2 cm³/mol. The lowest BCUT2D eigenvalue weighted by Gasteiger charge is -1.86. The summed E-state index contributed by atoms with van der Waals surface area (Å²) in [6, 6.07) is 0. The summed E-state index contributed by atoms with van der Waals surface area (Å²) >= 11 is 12.3. The van der Waals surface area contributed by atoms with Gasteiger partial charge in [0.2, 0.25) is 0 Å². The largest absolute Gasteiger partial charge is 0.358 e. The Hall–Kier alpha value is -1.47. The molecule has 2 aromatic rings. The molecule has 2 rings (SSSR count). The Labute approximate surface area is 128 Å². The first-order chi connectivity index (χ1) is 8.81. The fourth-order valence-corrected chi connectivity index (χ4v) is 1.85. The van der Waals surface area contributed by atoms with Gasteiger partial charge < -0.3 is 20.2 Å². The van der Waals surface area contributed by atoms with Crippen LogP contribution in [0.15, 0.2) is 6.20 Å². The van der Waals surface area contributed by atoms with Gasteiger partial charge in [0.1, 0.15) is 6.20 Å². The summed E-state index contributed by atoms with van der Waals surface area (Å²) in [5.74, 6) is -0.356. The zero-order valence-corrected chi connectivity index (χ0v) is 12.3. The lowest BCUT2D eigenvalue weighted by molar-refractivity contribution is -0.390. The van der Waals surface area contributed by atoms with Crippen LogP contribution in [0.4, 0.5) is 11.6 Å². The van der Waals surface area contributed by atoms with Crippen molar-refractivity contribution in [2.75, 3.05) is 0 Å². The van der Waals surface area contributed by atoms with E-state index in [0.29, 0.717) is 0 Å². The number of rotatable bonds is 2. The normalized spacial score (nSPS) is 9.63. The van der Waals surface area contributed by atoms with Crippen LogP contribution < -0.4 is 0 Å². The minimum atomic E-state index is -0.598. The Balaban J connectivity index is 0.000000191. The van der Waals surface area contributed by atoms with Crippen molar-refractivity contribution in [1.29, 1.82) is 0 Å². The second-order valence-corrected chi connectivity index (χ2v) is 4.48. The summed E-state index contributed by atoms with van der Waals surface area (Å²) in [7, 11) is 0. The molecule has 19 heavy (non-hydrogen) atoms. The zero-order chi connectivity index (χ0) is 14.6. The van der Waals surface area contributed by atoms with Crippen LogP contribution in [-0.4, -0.2) is 29.8 Å². The van der Waals surface area contributed by atoms with E-state index >= 15 is 0 Å². The van der Waals surface area contributed by atoms with E-state index in [1.54, 1.807) is 22.6 Å². The summed E-state index contributed by atoms with van der Waals surface area (Å²) in [5, 5.41) is 20.1. The van der Waals surface area contributed by atoms with Gasteiger partial charge in [0.05, 0.1) is 0 Å². The Kier molecular flexibility index (Phi) is 5.44. The van der Waals surface area contributed by atoms with Gasteiger partial charge in [-0.25, -0.2) is 9.97 Å². The maximum Gasteiger partial charge on any atom is 0.355 e. The number of nitrogens with one attached hydrogen (secondary N) is 2. The molecule has 0 spiro atoms. The molecule has 0 radical (unpaired) electrons. The molecular weight excluding hydrogens is 418 g/mol. The Morgan fingerprint density at radius 1 is 1.16 bits per heavy atom. The Bertz CT molecular complexity index is 613. The molecule has 2 N–H and O–H groups in total.